The van der Waals surface area contributed by atoms with Gasteiger partial charge in [-0.2, -0.15) is 0 Å². The Hall–Kier alpha value is -5.09. The van der Waals surface area contributed by atoms with Gasteiger partial charge in [-0.15, -0.1) is 0 Å². The zero-order valence-electron chi connectivity index (χ0n) is 25.5. The SMILES string of the molecule is CNc1cccc2cccc(N(C)[B]c3c4ccccc4c(B4N(C)c5cccc6cccc(c56)N4C)c4ccccc34)c12. The van der Waals surface area contributed by atoms with E-state index >= 15 is 0 Å². The molecule has 8 rings (SSSR count). The molecule has 7 aromatic carbocycles. The van der Waals surface area contributed by atoms with E-state index in [9.17, 15) is 0 Å². The van der Waals surface area contributed by atoms with Gasteiger partial charge in [-0.3, -0.25) is 0 Å². The van der Waals surface area contributed by atoms with Crippen LogP contribution in [0.1, 0.15) is 0 Å². The minimum Gasteiger partial charge on any atom is -0.417 e. The molecule has 0 saturated heterocycles. The van der Waals surface area contributed by atoms with E-state index in [4.69, 9.17) is 0 Å². The maximum Gasteiger partial charge on any atom is 0.412 e. The summed E-state index contributed by atoms with van der Waals surface area (Å²) < 4.78 is 0. The summed E-state index contributed by atoms with van der Waals surface area (Å²) in [4.78, 5) is 7.19. The second-order valence-electron chi connectivity index (χ2n) is 11.8. The average molecular weight is 567 g/mol. The Morgan fingerprint density at radius 3 is 1.66 bits per heavy atom. The van der Waals surface area contributed by atoms with Crippen molar-refractivity contribution in [2.24, 2.45) is 0 Å². The van der Waals surface area contributed by atoms with Crippen molar-refractivity contribution >= 4 is 91.2 Å². The van der Waals surface area contributed by atoms with Crippen molar-refractivity contribution in [1.82, 2.24) is 0 Å². The van der Waals surface area contributed by atoms with Crippen LogP contribution in [0.3, 0.4) is 0 Å². The average Bonchev–Trinajstić information content (AvgIpc) is 3.07. The van der Waals surface area contributed by atoms with Crippen molar-refractivity contribution in [3.63, 3.8) is 0 Å². The summed E-state index contributed by atoms with van der Waals surface area (Å²) in [5, 5.41) is 13.5. The van der Waals surface area contributed by atoms with Gasteiger partial charge in [0.1, 0.15) is 0 Å². The largest absolute Gasteiger partial charge is 0.417 e. The van der Waals surface area contributed by atoms with Crippen molar-refractivity contribution in [2.75, 3.05) is 47.9 Å². The van der Waals surface area contributed by atoms with Crippen molar-refractivity contribution in [3.05, 3.63) is 121 Å². The fraction of sp³-hybridized carbons (Fsp3) is 0.105. The second-order valence-corrected chi connectivity index (χ2v) is 11.8. The van der Waals surface area contributed by atoms with E-state index < -0.39 is 0 Å². The van der Waals surface area contributed by atoms with E-state index in [1.54, 1.807) is 0 Å². The molecule has 0 unspecified atom stereocenters. The lowest BCUT2D eigenvalue weighted by Gasteiger charge is -2.42. The Kier molecular flexibility index (Phi) is 6.19. The zero-order chi connectivity index (χ0) is 29.9. The first-order valence-corrected chi connectivity index (χ1v) is 15.2. The molecule has 0 atom stereocenters. The van der Waals surface area contributed by atoms with Gasteiger partial charge in [0.2, 0.25) is 0 Å². The summed E-state index contributed by atoms with van der Waals surface area (Å²) in [6.07, 6.45) is 0. The van der Waals surface area contributed by atoms with Crippen molar-refractivity contribution < 1.29 is 0 Å². The van der Waals surface area contributed by atoms with Gasteiger partial charge >= 0.3 is 6.98 Å². The lowest BCUT2D eigenvalue weighted by atomic mass is 9.57. The number of nitrogens with one attached hydrogen (secondary N) is 1. The lowest BCUT2D eigenvalue weighted by molar-refractivity contribution is 1.20. The fourth-order valence-electron chi connectivity index (χ4n) is 7.50. The standard InChI is InChI=1S/C38H33B2N4/c1-41-31-21-9-13-25-14-10-22-32(35(25)31)42(2)39-37-27-17-5-7-19-29(27)38(30-20-8-6-18-28(30)37)40-43(3)33-23-11-15-26-16-12-24-34(36(26)33)44(40)4/h5-24,41H,1-4H3. The van der Waals surface area contributed by atoms with E-state index in [2.05, 4.69) is 170 Å². The Balaban J connectivity index is 1.34. The number of hydrogen-bond donors (Lipinski definition) is 1. The highest BCUT2D eigenvalue weighted by Crippen LogP contribution is 2.40. The van der Waals surface area contributed by atoms with Crippen LogP contribution in [0.2, 0.25) is 0 Å². The van der Waals surface area contributed by atoms with Crippen LogP contribution in [0.4, 0.5) is 22.7 Å². The summed E-state index contributed by atoms with van der Waals surface area (Å²) >= 11 is 0. The highest BCUT2D eigenvalue weighted by atomic mass is 15.2. The third-order valence-corrected chi connectivity index (χ3v) is 9.48. The van der Waals surface area contributed by atoms with Crippen LogP contribution >= 0.6 is 0 Å². The molecule has 1 heterocycles. The Bertz CT molecular complexity index is 2120. The van der Waals surface area contributed by atoms with Crippen LogP contribution in [0.5, 0.6) is 0 Å². The van der Waals surface area contributed by atoms with E-state index in [0.29, 0.717) is 0 Å². The van der Waals surface area contributed by atoms with Crippen LogP contribution in [0.25, 0.3) is 43.1 Å². The first-order chi connectivity index (χ1) is 21.6. The molecule has 0 aliphatic carbocycles. The third kappa shape index (κ3) is 3.87. The molecule has 1 N–H and O–H groups in total. The van der Waals surface area contributed by atoms with E-state index in [1.165, 1.54) is 71.1 Å². The fourth-order valence-corrected chi connectivity index (χ4v) is 7.50. The van der Waals surface area contributed by atoms with Gasteiger partial charge in [0.15, 0.2) is 0 Å². The first-order valence-electron chi connectivity index (χ1n) is 15.2. The first kappa shape index (κ1) is 26.5. The topological polar surface area (TPSA) is 21.8 Å². The highest BCUT2D eigenvalue weighted by molar-refractivity contribution is 6.85. The van der Waals surface area contributed by atoms with Crippen molar-refractivity contribution in [1.29, 1.82) is 0 Å². The van der Waals surface area contributed by atoms with Crippen LogP contribution in [0.15, 0.2) is 121 Å². The van der Waals surface area contributed by atoms with Gasteiger partial charge in [0.25, 0.3) is 7.41 Å². The Morgan fingerprint density at radius 2 is 1.09 bits per heavy atom. The molecule has 211 valence electrons. The van der Waals surface area contributed by atoms with Crippen LogP contribution in [-0.2, 0) is 0 Å². The summed E-state index contributed by atoms with van der Waals surface area (Å²) in [7, 11) is 11.0. The quantitative estimate of drug-likeness (QED) is 0.179. The zero-order valence-corrected chi connectivity index (χ0v) is 25.5. The molecule has 1 radical (unpaired) electrons. The number of hydrogen-bond acceptors (Lipinski definition) is 4. The molecule has 0 bridgehead atoms. The molecular weight excluding hydrogens is 534 g/mol. The van der Waals surface area contributed by atoms with Gasteiger partial charge in [-0.05, 0) is 88.7 Å². The summed E-state index contributed by atoms with van der Waals surface area (Å²) in [6, 6.07) is 44.1. The molecule has 6 heteroatoms. The molecule has 7 aromatic rings. The van der Waals surface area contributed by atoms with Crippen LogP contribution in [-0.4, -0.2) is 42.6 Å². The number of nitrogens with zero attached hydrogens (tertiary/aromatic N) is 3. The van der Waals surface area contributed by atoms with E-state index in [-0.39, 0.29) is 6.98 Å². The summed E-state index contributed by atoms with van der Waals surface area (Å²) in [5.74, 6) is 0. The lowest BCUT2D eigenvalue weighted by Crippen LogP contribution is -2.60. The van der Waals surface area contributed by atoms with Crippen LogP contribution in [0, 0.1) is 0 Å². The molecule has 0 aromatic heterocycles. The van der Waals surface area contributed by atoms with Gasteiger partial charge in [-0.1, -0.05) is 97.1 Å². The number of benzene rings is 7. The Labute approximate surface area is 259 Å². The van der Waals surface area contributed by atoms with Gasteiger partial charge in [-0.25, -0.2) is 0 Å². The highest BCUT2D eigenvalue weighted by Gasteiger charge is 2.38. The molecule has 1 aliphatic heterocycles. The smallest absolute Gasteiger partial charge is 0.412 e. The molecule has 44 heavy (non-hydrogen) atoms. The molecular formula is C38H33B2N4. The van der Waals surface area contributed by atoms with Gasteiger partial charge < -0.3 is 19.7 Å². The monoisotopic (exact) mass is 567 g/mol. The molecule has 1 aliphatic rings. The maximum atomic E-state index is 3.40. The molecule has 0 spiro atoms. The summed E-state index contributed by atoms with van der Waals surface area (Å²) in [5.41, 5.74) is 7.38. The van der Waals surface area contributed by atoms with Gasteiger partial charge in [0, 0.05) is 40.6 Å². The molecule has 0 fully saturated rings. The van der Waals surface area contributed by atoms with Crippen molar-refractivity contribution in [2.45, 2.75) is 0 Å². The Morgan fingerprint density at radius 1 is 0.591 bits per heavy atom. The molecule has 4 nitrogen and oxygen atoms in total. The third-order valence-electron chi connectivity index (χ3n) is 9.48. The second kappa shape index (κ2) is 10.3. The normalized spacial score (nSPS) is 12.9. The maximum absolute atomic E-state index is 3.40. The van der Waals surface area contributed by atoms with Gasteiger partial charge in [0.05, 0.1) is 0 Å². The predicted octanol–water partition coefficient (Wildman–Crippen LogP) is 7.00. The van der Waals surface area contributed by atoms with E-state index in [1.807, 2.05) is 7.05 Å². The predicted molar refractivity (Wildman–Crippen MR) is 195 cm³/mol. The minimum absolute atomic E-state index is 0.0216. The van der Waals surface area contributed by atoms with Crippen molar-refractivity contribution in [3.8, 4) is 0 Å². The number of anilines is 4. The number of rotatable bonds is 5. The number of fused-ring (bicyclic) bond motifs is 3. The molecule has 0 amide bonds. The van der Waals surface area contributed by atoms with E-state index in [0.717, 1.165) is 5.69 Å². The minimum atomic E-state index is 0.0216. The summed E-state index contributed by atoms with van der Waals surface area (Å²) in [6.45, 7) is 0.0216. The molecule has 0 saturated carbocycles. The van der Waals surface area contributed by atoms with Crippen LogP contribution < -0.4 is 30.7 Å².